The van der Waals surface area contributed by atoms with Crippen LogP contribution >= 0.6 is 0 Å². The SMILES string of the molecule is C=CCNc1ccc(C2=C(N)CC(N)(NCC=C)C=C2)cc1. The Morgan fingerprint density at radius 2 is 1.82 bits per heavy atom. The Labute approximate surface area is 132 Å². The van der Waals surface area contributed by atoms with Gasteiger partial charge in [0.2, 0.25) is 0 Å². The number of hydrogen-bond donors (Lipinski definition) is 4. The van der Waals surface area contributed by atoms with E-state index < -0.39 is 5.66 Å². The summed E-state index contributed by atoms with van der Waals surface area (Å²) in [6.07, 6.45) is 8.14. The molecule has 0 aliphatic heterocycles. The van der Waals surface area contributed by atoms with Crippen LogP contribution in [0.15, 0.2) is 67.4 Å². The molecule has 0 spiro atoms. The molecule has 0 saturated heterocycles. The van der Waals surface area contributed by atoms with Gasteiger partial charge in [-0.15, -0.1) is 13.2 Å². The van der Waals surface area contributed by atoms with Crippen molar-refractivity contribution in [1.82, 2.24) is 5.32 Å². The fourth-order valence-electron chi connectivity index (χ4n) is 2.43. The Bertz CT molecular complexity index is 598. The number of hydrogen-bond acceptors (Lipinski definition) is 4. The zero-order chi connectivity index (χ0) is 16.0. The lowest BCUT2D eigenvalue weighted by Crippen LogP contribution is -2.53. The van der Waals surface area contributed by atoms with Crippen LogP contribution in [0.2, 0.25) is 0 Å². The molecular weight excluding hydrogens is 272 g/mol. The van der Waals surface area contributed by atoms with Gasteiger partial charge in [0.15, 0.2) is 0 Å². The van der Waals surface area contributed by atoms with Crippen LogP contribution in [0.4, 0.5) is 5.69 Å². The minimum atomic E-state index is -0.604. The molecule has 0 saturated carbocycles. The minimum absolute atomic E-state index is 0.573. The maximum absolute atomic E-state index is 6.28. The first-order valence-electron chi connectivity index (χ1n) is 7.36. The van der Waals surface area contributed by atoms with Crippen LogP contribution in [0.1, 0.15) is 12.0 Å². The number of rotatable bonds is 7. The van der Waals surface area contributed by atoms with Gasteiger partial charge in [0, 0.05) is 36.5 Å². The first-order valence-corrected chi connectivity index (χ1v) is 7.36. The summed E-state index contributed by atoms with van der Waals surface area (Å²) in [4.78, 5) is 0. The minimum Gasteiger partial charge on any atom is -0.401 e. The molecule has 0 fully saturated rings. The molecule has 1 aromatic rings. The quantitative estimate of drug-likeness (QED) is 0.460. The largest absolute Gasteiger partial charge is 0.401 e. The topological polar surface area (TPSA) is 76.1 Å². The van der Waals surface area contributed by atoms with Crippen LogP contribution in [0.3, 0.4) is 0 Å². The van der Waals surface area contributed by atoms with Crippen molar-refractivity contribution in [1.29, 1.82) is 0 Å². The van der Waals surface area contributed by atoms with Crippen LogP contribution in [0.25, 0.3) is 5.57 Å². The summed E-state index contributed by atoms with van der Waals surface area (Å²) in [6.45, 7) is 8.77. The van der Waals surface area contributed by atoms with E-state index in [4.69, 9.17) is 11.5 Å². The van der Waals surface area contributed by atoms with Gasteiger partial charge in [-0.2, -0.15) is 0 Å². The fraction of sp³-hybridized carbons (Fsp3) is 0.222. The number of nitrogens with two attached hydrogens (primary N) is 2. The third-order valence-electron chi connectivity index (χ3n) is 3.60. The lowest BCUT2D eigenvalue weighted by atomic mass is 9.90. The molecule has 6 N–H and O–H groups in total. The van der Waals surface area contributed by atoms with Crippen molar-refractivity contribution >= 4 is 11.3 Å². The molecular formula is C18H24N4. The highest BCUT2D eigenvalue weighted by atomic mass is 15.1. The van der Waals surface area contributed by atoms with Crippen LogP contribution in [0, 0.1) is 0 Å². The maximum atomic E-state index is 6.28. The molecule has 4 nitrogen and oxygen atoms in total. The van der Waals surface area contributed by atoms with Gasteiger partial charge in [0.25, 0.3) is 0 Å². The average Bonchev–Trinajstić information content (AvgIpc) is 2.52. The Morgan fingerprint density at radius 3 is 2.41 bits per heavy atom. The van der Waals surface area contributed by atoms with Crippen LogP contribution < -0.4 is 22.1 Å². The normalized spacial score (nSPS) is 20.8. The Hall–Kier alpha value is -2.30. The second-order valence-electron chi connectivity index (χ2n) is 5.41. The van der Waals surface area contributed by atoms with E-state index in [9.17, 15) is 0 Å². The van der Waals surface area contributed by atoms with E-state index in [0.717, 1.165) is 29.1 Å². The fourth-order valence-corrected chi connectivity index (χ4v) is 2.43. The molecule has 116 valence electrons. The molecule has 1 unspecified atom stereocenters. The summed E-state index contributed by atoms with van der Waals surface area (Å²) < 4.78 is 0. The van der Waals surface area contributed by atoms with E-state index in [1.54, 1.807) is 6.08 Å². The van der Waals surface area contributed by atoms with E-state index in [-0.39, 0.29) is 0 Å². The third-order valence-corrected chi connectivity index (χ3v) is 3.60. The van der Waals surface area contributed by atoms with Crippen molar-refractivity contribution < 1.29 is 0 Å². The molecule has 0 bridgehead atoms. The second-order valence-corrected chi connectivity index (χ2v) is 5.41. The van der Waals surface area contributed by atoms with Crippen molar-refractivity contribution in [3.8, 4) is 0 Å². The van der Waals surface area contributed by atoms with Gasteiger partial charge in [-0.05, 0) is 23.8 Å². The number of anilines is 1. The summed E-state index contributed by atoms with van der Waals surface area (Å²) in [5.74, 6) is 0. The summed E-state index contributed by atoms with van der Waals surface area (Å²) in [7, 11) is 0. The lowest BCUT2D eigenvalue weighted by Gasteiger charge is -2.31. The van der Waals surface area contributed by atoms with Gasteiger partial charge in [-0.3, -0.25) is 5.32 Å². The summed E-state index contributed by atoms with van der Waals surface area (Å²) in [5.41, 5.74) is 15.9. The molecule has 1 aromatic carbocycles. The van der Waals surface area contributed by atoms with Gasteiger partial charge in [0.1, 0.15) is 0 Å². The number of allylic oxidation sites excluding steroid dienone is 2. The Balaban J connectivity index is 2.13. The highest BCUT2D eigenvalue weighted by Gasteiger charge is 2.26. The van der Waals surface area contributed by atoms with E-state index in [1.165, 1.54) is 0 Å². The molecule has 0 radical (unpaired) electrons. The van der Waals surface area contributed by atoms with E-state index in [1.807, 2.05) is 30.4 Å². The molecule has 2 rings (SSSR count). The summed E-state index contributed by atoms with van der Waals surface area (Å²) >= 11 is 0. The van der Waals surface area contributed by atoms with E-state index in [2.05, 4.69) is 35.9 Å². The molecule has 22 heavy (non-hydrogen) atoms. The van der Waals surface area contributed by atoms with E-state index in [0.29, 0.717) is 13.0 Å². The van der Waals surface area contributed by atoms with E-state index >= 15 is 0 Å². The monoisotopic (exact) mass is 296 g/mol. The first kappa shape index (κ1) is 16.1. The molecule has 4 heteroatoms. The highest BCUT2D eigenvalue weighted by Crippen LogP contribution is 2.28. The van der Waals surface area contributed by atoms with Crippen molar-refractivity contribution in [2.45, 2.75) is 12.1 Å². The van der Waals surface area contributed by atoms with Crippen molar-refractivity contribution in [3.63, 3.8) is 0 Å². The Kier molecular flexibility index (Phi) is 5.20. The molecule has 0 amide bonds. The predicted octanol–water partition coefficient (Wildman–Crippen LogP) is 2.34. The lowest BCUT2D eigenvalue weighted by molar-refractivity contribution is 0.427. The van der Waals surface area contributed by atoms with Gasteiger partial charge < -0.3 is 16.8 Å². The first-order chi connectivity index (χ1) is 10.6. The smallest absolute Gasteiger partial charge is 0.0915 e. The average molecular weight is 296 g/mol. The van der Waals surface area contributed by atoms with Gasteiger partial charge in [0.05, 0.1) is 5.66 Å². The summed E-state index contributed by atoms with van der Waals surface area (Å²) in [5, 5.41) is 6.47. The van der Waals surface area contributed by atoms with Crippen molar-refractivity contribution in [2.24, 2.45) is 11.5 Å². The highest BCUT2D eigenvalue weighted by molar-refractivity contribution is 5.78. The maximum Gasteiger partial charge on any atom is 0.0915 e. The van der Waals surface area contributed by atoms with Crippen LogP contribution in [-0.2, 0) is 0 Å². The second kappa shape index (κ2) is 7.11. The molecule has 0 aromatic heterocycles. The number of nitrogens with one attached hydrogen (secondary N) is 2. The van der Waals surface area contributed by atoms with Crippen molar-refractivity contribution in [2.75, 3.05) is 18.4 Å². The number of benzene rings is 1. The third kappa shape index (κ3) is 3.87. The predicted molar refractivity (Wildman–Crippen MR) is 95.1 cm³/mol. The standard InChI is InChI=1S/C18H24N4/c1-3-11-21-15-7-5-14(6-8-15)16-9-10-18(20,13-17(16)19)22-12-4-2/h3-10,21-22H,1-2,11-13,19-20H2. The molecule has 0 heterocycles. The zero-order valence-corrected chi connectivity index (χ0v) is 12.8. The van der Waals surface area contributed by atoms with Crippen LogP contribution in [0.5, 0.6) is 0 Å². The van der Waals surface area contributed by atoms with Gasteiger partial charge in [-0.1, -0.05) is 30.4 Å². The molecule has 1 atom stereocenters. The van der Waals surface area contributed by atoms with Crippen LogP contribution in [-0.4, -0.2) is 18.8 Å². The zero-order valence-electron chi connectivity index (χ0n) is 12.8. The van der Waals surface area contributed by atoms with Gasteiger partial charge in [-0.25, -0.2) is 0 Å². The van der Waals surface area contributed by atoms with Crippen molar-refractivity contribution in [3.05, 3.63) is 73.0 Å². The Morgan fingerprint density at radius 1 is 1.14 bits per heavy atom. The summed E-state index contributed by atoms with van der Waals surface area (Å²) in [6, 6.07) is 8.18. The van der Waals surface area contributed by atoms with Gasteiger partial charge >= 0.3 is 0 Å². The molecule has 1 aliphatic rings. The molecule has 1 aliphatic carbocycles.